The maximum Gasteiger partial charge on any atom is 0.322 e. The van der Waals surface area contributed by atoms with E-state index in [9.17, 15) is 9.59 Å². The lowest BCUT2D eigenvalue weighted by atomic mass is 9.49. The van der Waals surface area contributed by atoms with Crippen molar-refractivity contribution in [2.75, 3.05) is 13.1 Å². The Kier molecular flexibility index (Phi) is 4.43. The predicted octanol–water partition coefficient (Wildman–Crippen LogP) is 2.55. The number of hydrogen-bond acceptors (Lipinski definition) is 5. The number of hydrogen-bond donors (Lipinski definition) is 1. The average molecular weight is 348 g/mol. The van der Waals surface area contributed by atoms with Gasteiger partial charge >= 0.3 is 5.97 Å². The van der Waals surface area contributed by atoms with Crippen molar-refractivity contribution in [3.8, 4) is 0 Å². The van der Waals surface area contributed by atoms with Crippen molar-refractivity contribution in [2.24, 2.45) is 29.6 Å². The minimum Gasteiger partial charge on any atom is -0.367 e. The number of nitrogens with zero attached hydrogens (tertiary/aromatic N) is 1. The fraction of sp³-hybridized carbons (Fsp3) is 0.900. The van der Waals surface area contributed by atoms with Crippen LogP contribution in [0.1, 0.15) is 59.3 Å². The number of ketones is 1. The van der Waals surface area contributed by atoms with Crippen LogP contribution in [0.5, 0.6) is 0 Å². The number of Topliss-reactive ketones (excluding diaryl/α,β-unsaturated/α-hetero) is 1. The molecule has 140 valence electrons. The lowest BCUT2D eigenvalue weighted by molar-refractivity contribution is -0.276. The highest BCUT2D eigenvalue weighted by Crippen LogP contribution is 2.59. The zero-order valence-corrected chi connectivity index (χ0v) is 15.8. The quantitative estimate of drug-likeness (QED) is 0.831. The summed E-state index contributed by atoms with van der Waals surface area (Å²) in [5.41, 5.74) is -0.648. The highest BCUT2D eigenvalue weighted by Gasteiger charge is 2.64. The van der Waals surface area contributed by atoms with Crippen LogP contribution < -0.4 is 5.32 Å². The predicted molar refractivity (Wildman–Crippen MR) is 94.5 cm³/mol. The Morgan fingerprint density at radius 2 is 1.56 bits per heavy atom. The summed E-state index contributed by atoms with van der Waals surface area (Å²) in [7, 11) is 0. The Balaban J connectivity index is 0.000000347. The summed E-state index contributed by atoms with van der Waals surface area (Å²) < 4.78 is 0. The van der Waals surface area contributed by atoms with Crippen LogP contribution in [-0.2, 0) is 14.4 Å². The number of rotatable bonds is 2. The maximum atomic E-state index is 12.7. The first-order valence-electron chi connectivity index (χ1n) is 10.1. The van der Waals surface area contributed by atoms with Crippen molar-refractivity contribution in [1.82, 2.24) is 10.4 Å². The van der Waals surface area contributed by atoms with Gasteiger partial charge in [0.25, 0.3) is 0 Å². The van der Waals surface area contributed by atoms with Crippen molar-refractivity contribution in [3.63, 3.8) is 0 Å². The van der Waals surface area contributed by atoms with E-state index in [1.54, 1.807) is 5.06 Å². The molecule has 2 heterocycles. The number of carbonyl (C=O) groups is 2. The van der Waals surface area contributed by atoms with Gasteiger partial charge in [0.05, 0.1) is 0 Å². The molecule has 5 heteroatoms. The van der Waals surface area contributed by atoms with Gasteiger partial charge in [0, 0.05) is 6.92 Å². The van der Waals surface area contributed by atoms with Gasteiger partial charge in [0.1, 0.15) is 11.6 Å². The van der Waals surface area contributed by atoms with Crippen molar-refractivity contribution in [2.45, 2.75) is 70.9 Å². The summed E-state index contributed by atoms with van der Waals surface area (Å²) in [6, 6.07) is -0.182. The largest absolute Gasteiger partial charge is 0.367 e. The van der Waals surface area contributed by atoms with Gasteiger partial charge in [-0.2, -0.15) is 0 Å². The normalized spacial score (nSPS) is 43.6. The molecule has 4 bridgehead atoms. The van der Waals surface area contributed by atoms with E-state index in [0.717, 1.165) is 11.8 Å². The molecule has 0 aromatic heterocycles. The highest BCUT2D eigenvalue weighted by atomic mass is 16.7. The molecule has 1 atom stereocenters. The molecule has 0 spiro atoms. The van der Waals surface area contributed by atoms with Gasteiger partial charge < -0.3 is 10.2 Å². The molecule has 0 radical (unpaired) electrons. The van der Waals surface area contributed by atoms with Crippen LogP contribution in [0.4, 0.5) is 0 Å². The average Bonchev–Trinajstić information content (AvgIpc) is 2.46. The van der Waals surface area contributed by atoms with Crippen LogP contribution in [-0.4, -0.2) is 41.5 Å². The lowest BCUT2D eigenvalue weighted by Crippen LogP contribution is -2.75. The third-order valence-corrected chi connectivity index (χ3v) is 7.27. The first kappa shape index (κ1) is 17.5. The van der Waals surface area contributed by atoms with Crippen molar-refractivity contribution in [1.29, 1.82) is 0 Å². The third-order valence-electron chi connectivity index (χ3n) is 7.27. The Bertz CT molecular complexity index is 523. The third kappa shape index (κ3) is 2.93. The first-order chi connectivity index (χ1) is 11.9. The Morgan fingerprint density at radius 3 is 1.96 bits per heavy atom. The van der Waals surface area contributed by atoms with Crippen LogP contribution in [0.3, 0.4) is 0 Å². The van der Waals surface area contributed by atoms with E-state index in [1.165, 1.54) is 58.5 Å². The fourth-order valence-corrected chi connectivity index (χ4v) is 6.16. The molecular weight excluding hydrogens is 316 g/mol. The molecule has 0 amide bonds. The van der Waals surface area contributed by atoms with Gasteiger partial charge in [-0.3, -0.25) is 9.59 Å². The van der Waals surface area contributed by atoms with Crippen LogP contribution in [0.15, 0.2) is 0 Å². The molecule has 0 aromatic carbocycles. The van der Waals surface area contributed by atoms with E-state index in [-0.39, 0.29) is 17.8 Å². The van der Waals surface area contributed by atoms with Crippen molar-refractivity contribution < 1.29 is 14.4 Å². The van der Waals surface area contributed by atoms with Gasteiger partial charge in [-0.05, 0) is 95.1 Å². The number of nitrogens with one attached hydrogen (secondary N) is 1. The molecule has 4 saturated carbocycles. The summed E-state index contributed by atoms with van der Waals surface area (Å²) in [6.45, 7) is 7.66. The maximum absolute atomic E-state index is 12.7. The molecule has 2 aliphatic heterocycles. The van der Waals surface area contributed by atoms with Crippen molar-refractivity contribution >= 4 is 11.8 Å². The molecule has 0 aromatic rings. The lowest BCUT2D eigenvalue weighted by Gasteiger charge is -2.61. The van der Waals surface area contributed by atoms with E-state index >= 15 is 0 Å². The van der Waals surface area contributed by atoms with Crippen molar-refractivity contribution in [3.05, 3.63) is 0 Å². The van der Waals surface area contributed by atoms with Gasteiger partial charge in [-0.25, -0.2) is 0 Å². The van der Waals surface area contributed by atoms with E-state index in [4.69, 9.17) is 4.84 Å². The van der Waals surface area contributed by atoms with Gasteiger partial charge in [-0.15, -0.1) is 5.06 Å². The standard InChI is InChI=1S/C17H25NO3.C3H7N/c1-9(19)21-18-15(16(20)17(18,2)3)14-12-5-10-4-11(7-12)8-13(14)6-10;1-2-4-3-1/h10-15H,4-8H2,1-3H3;4H,1-3H2. The van der Waals surface area contributed by atoms with E-state index in [1.807, 2.05) is 13.8 Å². The summed E-state index contributed by atoms with van der Waals surface area (Å²) >= 11 is 0. The topological polar surface area (TPSA) is 58.6 Å². The number of hydroxylamine groups is 2. The van der Waals surface area contributed by atoms with Crippen LogP contribution in [0.2, 0.25) is 0 Å². The molecule has 1 N–H and O–H groups in total. The van der Waals surface area contributed by atoms with Gasteiger partial charge in [0.2, 0.25) is 0 Å². The SMILES string of the molecule is C1CNC1.CC(=O)ON1C(C2C3CC4CC(C3)CC2C4)C(=O)C1(C)C. The Morgan fingerprint density at radius 1 is 1.08 bits per heavy atom. The monoisotopic (exact) mass is 348 g/mol. The second kappa shape index (κ2) is 6.34. The zero-order chi connectivity index (χ0) is 17.8. The minimum atomic E-state index is -0.648. The molecule has 4 aliphatic carbocycles. The molecule has 6 fully saturated rings. The van der Waals surface area contributed by atoms with Crippen LogP contribution in [0.25, 0.3) is 0 Å². The summed E-state index contributed by atoms with van der Waals surface area (Å²) in [5.74, 6) is 3.50. The Hall–Kier alpha value is -0.940. The molecule has 25 heavy (non-hydrogen) atoms. The first-order valence-corrected chi connectivity index (χ1v) is 10.1. The molecule has 1 unspecified atom stereocenters. The molecule has 5 nitrogen and oxygen atoms in total. The summed E-state index contributed by atoms with van der Waals surface area (Å²) in [6.07, 6.45) is 7.95. The minimum absolute atomic E-state index is 0.182. The van der Waals surface area contributed by atoms with E-state index in [0.29, 0.717) is 17.8 Å². The molecule has 6 rings (SSSR count). The zero-order valence-electron chi connectivity index (χ0n) is 15.8. The highest BCUT2D eigenvalue weighted by molar-refractivity contribution is 5.98. The second-order valence-corrected chi connectivity index (χ2v) is 9.39. The van der Waals surface area contributed by atoms with Gasteiger partial charge in [0.15, 0.2) is 5.78 Å². The molecular formula is C20H32N2O3. The summed E-state index contributed by atoms with van der Waals surface area (Å²) in [5, 5.41) is 4.82. The Labute approximate surface area is 150 Å². The van der Waals surface area contributed by atoms with E-state index < -0.39 is 5.54 Å². The van der Waals surface area contributed by atoms with Crippen LogP contribution >= 0.6 is 0 Å². The number of carbonyl (C=O) groups excluding carboxylic acids is 2. The molecule has 6 aliphatic rings. The summed E-state index contributed by atoms with van der Waals surface area (Å²) in [4.78, 5) is 29.5. The smallest absolute Gasteiger partial charge is 0.322 e. The van der Waals surface area contributed by atoms with E-state index in [2.05, 4.69) is 5.32 Å². The molecule has 2 saturated heterocycles. The second-order valence-electron chi connectivity index (χ2n) is 9.39. The fourth-order valence-electron chi connectivity index (χ4n) is 6.16. The van der Waals surface area contributed by atoms with Crippen LogP contribution in [0, 0.1) is 29.6 Å². The van der Waals surface area contributed by atoms with Gasteiger partial charge in [-0.1, -0.05) is 0 Å².